The Kier molecular flexibility index (Phi) is 4.26. The zero-order valence-corrected chi connectivity index (χ0v) is 10.4. The first-order chi connectivity index (χ1) is 7.83. The Bertz CT molecular complexity index is 256. The van der Waals surface area contributed by atoms with Crippen LogP contribution >= 0.6 is 0 Å². The van der Waals surface area contributed by atoms with Crippen molar-refractivity contribution in [2.24, 2.45) is 5.92 Å². The Hall–Kier alpha value is -0.520. The normalized spacial score (nSPS) is 32.0. The molecule has 1 saturated heterocycles. The van der Waals surface area contributed by atoms with E-state index >= 15 is 0 Å². The highest BCUT2D eigenvalue weighted by atomic mass is 15.2. The number of nitrogens with zero attached hydrogens (tertiary/aromatic N) is 1. The fraction of sp³-hybridized carbons (Fsp3) is 0.857. The topological polar surface area (TPSA) is 15.3 Å². The molecule has 90 valence electrons. The maximum atomic E-state index is 5.25. The van der Waals surface area contributed by atoms with Crippen molar-refractivity contribution >= 4 is 0 Å². The van der Waals surface area contributed by atoms with Gasteiger partial charge in [-0.15, -0.1) is 6.42 Å². The van der Waals surface area contributed by atoms with Gasteiger partial charge in [-0.25, -0.2) is 0 Å². The molecule has 2 nitrogen and oxygen atoms in total. The van der Waals surface area contributed by atoms with E-state index in [2.05, 4.69) is 23.1 Å². The minimum Gasteiger partial charge on any atom is -0.305 e. The first-order valence-corrected chi connectivity index (χ1v) is 6.73. The second-order valence-electron chi connectivity index (χ2n) is 5.32. The fourth-order valence-electron chi connectivity index (χ4n) is 3.46. The molecule has 3 atom stereocenters. The lowest BCUT2D eigenvalue weighted by atomic mass is 9.85. The zero-order chi connectivity index (χ0) is 11.4. The zero-order valence-electron chi connectivity index (χ0n) is 10.4. The third-order valence-electron chi connectivity index (χ3n) is 4.29. The monoisotopic (exact) mass is 220 g/mol. The van der Waals surface area contributed by atoms with Gasteiger partial charge in [0.1, 0.15) is 0 Å². The Labute approximate surface area is 99.8 Å². The number of nitrogens with one attached hydrogen (secondary N) is 1. The van der Waals surface area contributed by atoms with Gasteiger partial charge < -0.3 is 5.32 Å². The van der Waals surface area contributed by atoms with Crippen LogP contribution in [0, 0.1) is 18.3 Å². The van der Waals surface area contributed by atoms with Crippen LogP contribution in [-0.2, 0) is 0 Å². The fourth-order valence-corrected chi connectivity index (χ4v) is 3.46. The van der Waals surface area contributed by atoms with Crippen LogP contribution in [0.2, 0.25) is 0 Å². The second-order valence-corrected chi connectivity index (χ2v) is 5.32. The number of likely N-dealkylation sites (tertiary alicyclic amines) is 1. The summed E-state index contributed by atoms with van der Waals surface area (Å²) < 4.78 is 0. The molecule has 0 spiro atoms. The van der Waals surface area contributed by atoms with Crippen LogP contribution in [0.25, 0.3) is 0 Å². The molecule has 1 N–H and O–H groups in total. The van der Waals surface area contributed by atoms with Crippen LogP contribution in [0.3, 0.4) is 0 Å². The summed E-state index contributed by atoms with van der Waals surface area (Å²) >= 11 is 0. The summed E-state index contributed by atoms with van der Waals surface area (Å²) in [6, 6.07) is 1.51. The number of terminal acetylenes is 1. The predicted molar refractivity (Wildman–Crippen MR) is 68.2 cm³/mol. The third kappa shape index (κ3) is 2.59. The molecule has 1 aliphatic carbocycles. The number of fused-ring (bicyclic) bond motifs is 1. The van der Waals surface area contributed by atoms with Gasteiger partial charge in [-0.05, 0) is 38.6 Å². The number of hydrogen-bond acceptors (Lipinski definition) is 2. The summed E-state index contributed by atoms with van der Waals surface area (Å²) in [5.41, 5.74) is 0. The summed E-state index contributed by atoms with van der Waals surface area (Å²) in [6.45, 7) is 5.37. The van der Waals surface area contributed by atoms with Crippen molar-refractivity contribution in [2.45, 2.75) is 51.1 Å². The van der Waals surface area contributed by atoms with E-state index < -0.39 is 0 Å². The SMILES string of the molecule is C#CCNCC(C)N1CCC2CCCCC21. The molecule has 0 amide bonds. The van der Waals surface area contributed by atoms with Crippen molar-refractivity contribution in [1.29, 1.82) is 0 Å². The van der Waals surface area contributed by atoms with Crippen LogP contribution < -0.4 is 5.32 Å². The lowest BCUT2D eigenvalue weighted by Crippen LogP contribution is -2.45. The van der Waals surface area contributed by atoms with Crippen LogP contribution in [0.15, 0.2) is 0 Å². The third-order valence-corrected chi connectivity index (χ3v) is 4.29. The summed E-state index contributed by atoms with van der Waals surface area (Å²) in [5.74, 6) is 3.63. The van der Waals surface area contributed by atoms with Gasteiger partial charge in [-0.2, -0.15) is 0 Å². The van der Waals surface area contributed by atoms with Crippen LogP contribution in [-0.4, -0.2) is 36.6 Å². The molecule has 1 aliphatic heterocycles. The maximum Gasteiger partial charge on any atom is 0.0574 e. The van der Waals surface area contributed by atoms with Crippen LogP contribution in [0.1, 0.15) is 39.0 Å². The maximum absolute atomic E-state index is 5.25. The molecule has 2 rings (SSSR count). The lowest BCUT2D eigenvalue weighted by Gasteiger charge is -2.35. The second kappa shape index (κ2) is 5.70. The Morgan fingerprint density at radius 3 is 3.00 bits per heavy atom. The Morgan fingerprint density at radius 1 is 1.38 bits per heavy atom. The van der Waals surface area contributed by atoms with Gasteiger partial charge in [-0.3, -0.25) is 4.90 Å². The average Bonchev–Trinajstić information content (AvgIpc) is 2.73. The van der Waals surface area contributed by atoms with Crippen molar-refractivity contribution in [2.75, 3.05) is 19.6 Å². The largest absolute Gasteiger partial charge is 0.305 e. The molecule has 2 aliphatic rings. The van der Waals surface area contributed by atoms with Crippen LogP contribution in [0.5, 0.6) is 0 Å². The van der Waals surface area contributed by atoms with E-state index in [0.29, 0.717) is 12.6 Å². The first-order valence-electron chi connectivity index (χ1n) is 6.73. The molecule has 16 heavy (non-hydrogen) atoms. The number of rotatable bonds is 4. The van der Waals surface area contributed by atoms with Crippen LogP contribution in [0.4, 0.5) is 0 Å². The molecule has 0 aromatic rings. The summed E-state index contributed by atoms with van der Waals surface area (Å²) in [7, 11) is 0. The van der Waals surface area contributed by atoms with Gasteiger partial charge in [0.2, 0.25) is 0 Å². The molecule has 0 aromatic carbocycles. The summed E-state index contributed by atoms with van der Waals surface area (Å²) in [6.07, 6.45) is 12.4. The molecule has 0 aromatic heterocycles. The standard InChI is InChI=1S/C14H24N2/c1-3-9-15-11-12(2)16-10-8-13-6-4-5-7-14(13)16/h1,12-15H,4-11H2,2H3. The molecular formula is C14H24N2. The summed E-state index contributed by atoms with van der Waals surface area (Å²) in [5, 5.41) is 3.33. The molecule has 1 heterocycles. The van der Waals surface area contributed by atoms with Gasteiger partial charge in [0.25, 0.3) is 0 Å². The Morgan fingerprint density at radius 2 is 2.19 bits per heavy atom. The van der Waals surface area contributed by atoms with Gasteiger partial charge in [-0.1, -0.05) is 18.8 Å². The minimum atomic E-state index is 0.640. The minimum absolute atomic E-state index is 0.640. The predicted octanol–water partition coefficient (Wildman–Crippen LogP) is 1.86. The molecule has 0 radical (unpaired) electrons. The lowest BCUT2D eigenvalue weighted by molar-refractivity contribution is 0.139. The van der Waals surface area contributed by atoms with Crippen molar-refractivity contribution in [3.8, 4) is 12.3 Å². The van der Waals surface area contributed by atoms with Crippen molar-refractivity contribution in [3.05, 3.63) is 0 Å². The van der Waals surface area contributed by atoms with Gasteiger partial charge in [0.05, 0.1) is 6.54 Å². The molecule has 3 unspecified atom stereocenters. The Balaban J connectivity index is 1.82. The van der Waals surface area contributed by atoms with E-state index in [1.165, 1.54) is 38.6 Å². The quantitative estimate of drug-likeness (QED) is 0.575. The van der Waals surface area contributed by atoms with E-state index in [1.54, 1.807) is 0 Å². The molecule has 0 bridgehead atoms. The summed E-state index contributed by atoms with van der Waals surface area (Å²) in [4.78, 5) is 2.72. The van der Waals surface area contributed by atoms with E-state index in [9.17, 15) is 0 Å². The van der Waals surface area contributed by atoms with Gasteiger partial charge in [0.15, 0.2) is 0 Å². The number of hydrogen-bond donors (Lipinski definition) is 1. The van der Waals surface area contributed by atoms with Gasteiger partial charge >= 0.3 is 0 Å². The molecule has 2 heteroatoms. The van der Waals surface area contributed by atoms with E-state index in [1.807, 2.05) is 0 Å². The van der Waals surface area contributed by atoms with Gasteiger partial charge in [0, 0.05) is 18.6 Å². The van der Waals surface area contributed by atoms with Crippen molar-refractivity contribution in [1.82, 2.24) is 10.2 Å². The van der Waals surface area contributed by atoms with Crippen molar-refractivity contribution in [3.63, 3.8) is 0 Å². The highest BCUT2D eigenvalue weighted by molar-refractivity contribution is 4.93. The average molecular weight is 220 g/mol. The van der Waals surface area contributed by atoms with E-state index in [-0.39, 0.29) is 0 Å². The highest BCUT2D eigenvalue weighted by Gasteiger charge is 2.37. The van der Waals surface area contributed by atoms with E-state index in [4.69, 9.17) is 6.42 Å². The smallest absolute Gasteiger partial charge is 0.0574 e. The molecule has 2 fully saturated rings. The van der Waals surface area contributed by atoms with Crippen molar-refractivity contribution < 1.29 is 0 Å². The van der Waals surface area contributed by atoms with E-state index in [0.717, 1.165) is 18.5 Å². The molecular weight excluding hydrogens is 196 g/mol. The first kappa shape index (κ1) is 12.0. The highest BCUT2D eigenvalue weighted by Crippen LogP contribution is 2.36. The molecule has 1 saturated carbocycles.